The molecule has 0 spiro atoms. The zero-order valence-corrected chi connectivity index (χ0v) is 12.3. The molecule has 0 aliphatic heterocycles. The van der Waals surface area contributed by atoms with Crippen LogP contribution < -0.4 is 5.32 Å². The fraction of sp³-hybridized carbons (Fsp3) is 0. The number of hydrogen-bond donors (Lipinski definition) is 1. The van der Waals surface area contributed by atoms with Crippen molar-refractivity contribution < 1.29 is 0 Å². The average molecular weight is 332 g/mol. The number of nitrogens with one attached hydrogen (secondary N) is 1. The molecule has 0 atom stereocenters. The number of rotatable bonds is 3. The third-order valence-electron chi connectivity index (χ3n) is 2.51. The van der Waals surface area contributed by atoms with Crippen molar-refractivity contribution in [2.45, 2.75) is 0 Å². The van der Waals surface area contributed by atoms with E-state index in [9.17, 15) is 0 Å². The molecular formula is C14H10BrN3S. The van der Waals surface area contributed by atoms with E-state index in [0.29, 0.717) is 5.95 Å². The van der Waals surface area contributed by atoms with Crippen LogP contribution in [-0.4, -0.2) is 9.97 Å². The first-order valence-corrected chi connectivity index (χ1v) is 7.38. The highest BCUT2D eigenvalue weighted by Crippen LogP contribution is 2.28. The second kappa shape index (κ2) is 5.50. The van der Waals surface area contributed by atoms with Crippen LogP contribution in [0.2, 0.25) is 0 Å². The highest BCUT2D eigenvalue weighted by Gasteiger charge is 2.05. The van der Waals surface area contributed by atoms with Gasteiger partial charge in [-0.1, -0.05) is 18.2 Å². The minimum Gasteiger partial charge on any atom is -0.324 e. The summed E-state index contributed by atoms with van der Waals surface area (Å²) >= 11 is 5.11. The Kier molecular flexibility index (Phi) is 3.57. The van der Waals surface area contributed by atoms with E-state index in [0.717, 1.165) is 20.7 Å². The Morgan fingerprint density at radius 3 is 2.68 bits per heavy atom. The molecule has 2 aromatic heterocycles. The molecule has 0 saturated carbocycles. The predicted octanol–water partition coefficient (Wildman–Crippen LogP) is 4.71. The second-order valence-electron chi connectivity index (χ2n) is 3.89. The van der Waals surface area contributed by atoms with Crippen molar-refractivity contribution in [1.82, 2.24) is 9.97 Å². The Labute approximate surface area is 123 Å². The van der Waals surface area contributed by atoms with Crippen molar-refractivity contribution >= 4 is 38.9 Å². The highest BCUT2D eigenvalue weighted by molar-refractivity contribution is 9.10. The van der Waals surface area contributed by atoms with Crippen molar-refractivity contribution in [2.24, 2.45) is 0 Å². The Balaban J connectivity index is 1.88. The molecule has 0 aliphatic carbocycles. The molecule has 0 aliphatic rings. The molecule has 0 bridgehead atoms. The van der Waals surface area contributed by atoms with Crippen LogP contribution in [0.5, 0.6) is 0 Å². The van der Waals surface area contributed by atoms with Gasteiger partial charge in [-0.15, -0.1) is 11.3 Å². The molecule has 3 nitrogen and oxygen atoms in total. The molecule has 0 saturated heterocycles. The number of aromatic nitrogens is 2. The molecule has 1 N–H and O–H groups in total. The summed E-state index contributed by atoms with van der Waals surface area (Å²) in [6, 6.07) is 13.9. The van der Waals surface area contributed by atoms with E-state index in [1.165, 1.54) is 0 Å². The maximum Gasteiger partial charge on any atom is 0.227 e. The normalized spacial score (nSPS) is 10.4. The Morgan fingerprint density at radius 2 is 1.95 bits per heavy atom. The third-order valence-corrected chi connectivity index (χ3v) is 4.22. The minimum absolute atomic E-state index is 0.605. The fourth-order valence-corrected chi connectivity index (χ4v) is 3.05. The monoisotopic (exact) mass is 331 g/mol. The third kappa shape index (κ3) is 3.00. The predicted molar refractivity (Wildman–Crippen MR) is 82.8 cm³/mol. The molecule has 1 aromatic carbocycles. The van der Waals surface area contributed by atoms with Crippen LogP contribution in [0.4, 0.5) is 11.6 Å². The number of anilines is 2. The highest BCUT2D eigenvalue weighted by atomic mass is 79.9. The van der Waals surface area contributed by atoms with E-state index in [1.807, 2.05) is 41.8 Å². The maximum atomic E-state index is 4.52. The molecule has 3 rings (SSSR count). The molecule has 94 valence electrons. The summed E-state index contributed by atoms with van der Waals surface area (Å²) in [7, 11) is 0. The SMILES string of the molecule is Brc1csc(-c2ccnc(Nc3ccccc3)n2)c1. The van der Waals surface area contributed by atoms with Crippen LogP contribution in [-0.2, 0) is 0 Å². The molecular weight excluding hydrogens is 322 g/mol. The summed E-state index contributed by atoms with van der Waals surface area (Å²) in [5, 5.41) is 5.23. The second-order valence-corrected chi connectivity index (χ2v) is 5.71. The topological polar surface area (TPSA) is 37.8 Å². The van der Waals surface area contributed by atoms with E-state index in [1.54, 1.807) is 17.5 Å². The van der Waals surface area contributed by atoms with E-state index >= 15 is 0 Å². The molecule has 5 heteroatoms. The summed E-state index contributed by atoms with van der Waals surface area (Å²) in [6.45, 7) is 0. The summed E-state index contributed by atoms with van der Waals surface area (Å²) in [5.41, 5.74) is 1.90. The first-order valence-electron chi connectivity index (χ1n) is 5.71. The average Bonchev–Trinajstić information content (AvgIpc) is 2.87. The summed E-state index contributed by atoms with van der Waals surface area (Å²) in [5.74, 6) is 0.605. The smallest absolute Gasteiger partial charge is 0.227 e. The summed E-state index contributed by atoms with van der Waals surface area (Å²) in [4.78, 5) is 9.87. The number of thiophene rings is 1. The van der Waals surface area contributed by atoms with E-state index in [-0.39, 0.29) is 0 Å². The number of halogens is 1. The first-order chi connectivity index (χ1) is 9.31. The quantitative estimate of drug-likeness (QED) is 0.755. The molecule has 0 fully saturated rings. The van der Waals surface area contributed by atoms with E-state index in [4.69, 9.17) is 0 Å². The van der Waals surface area contributed by atoms with Crippen LogP contribution in [0.1, 0.15) is 0 Å². The molecule has 2 heterocycles. The van der Waals surface area contributed by atoms with Gasteiger partial charge < -0.3 is 5.32 Å². The van der Waals surface area contributed by atoms with Gasteiger partial charge >= 0.3 is 0 Å². The molecule has 3 aromatic rings. The van der Waals surface area contributed by atoms with Crippen LogP contribution in [0.3, 0.4) is 0 Å². The van der Waals surface area contributed by atoms with Gasteiger partial charge in [-0.05, 0) is 40.2 Å². The molecule has 19 heavy (non-hydrogen) atoms. The van der Waals surface area contributed by atoms with Gasteiger partial charge in [-0.3, -0.25) is 0 Å². The van der Waals surface area contributed by atoms with Crippen LogP contribution >= 0.6 is 27.3 Å². The standard InChI is InChI=1S/C14H10BrN3S/c15-10-8-13(19-9-10)12-6-7-16-14(18-12)17-11-4-2-1-3-5-11/h1-9H,(H,16,17,18). The van der Waals surface area contributed by atoms with Crippen molar-refractivity contribution in [3.05, 3.63) is 58.5 Å². The van der Waals surface area contributed by atoms with Gasteiger partial charge in [0.25, 0.3) is 0 Å². The van der Waals surface area contributed by atoms with Gasteiger partial charge in [-0.25, -0.2) is 9.97 Å². The van der Waals surface area contributed by atoms with Crippen molar-refractivity contribution in [3.63, 3.8) is 0 Å². The largest absolute Gasteiger partial charge is 0.324 e. The fourth-order valence-electron chi connectivity index (χ4n) is 1.65. The Bertz CT molecular complexity index is 682. The number of benzene rings is 1. The lowest BCUT2D eigenvalue weighted by Crippen LogP contribution is -1.96. The van der Waals surface area contributed by atoms with Crippen molar-refractivity contribution in [2.75, 3.05) is 5.32 Å². The van der Waals surface area contributed by atoms with Gasteiger partial charge in [0.2, 0.25) is 5.95 Å². The van der Waals surface area contributed by atoms with E-state index in [2.05, 4.69) is 37.3 Å². The molecule has 0 radical (unpaired) electrons. The number of para-hydroxylation sites is 1. The lowest BCUT2D eigenvalue weighted by molar-refractivity contribution is 1.17. The van der Waals surface area contributed by atoms with Gasteiger partial charge in [0.1, 0.15) is 0 Å². The zero-order chi connectivity index (χ0) is 13.1. The first kappa shape index (κ1) is 12.3. The van der Waals surface area contributed by atoms with Gasteiger partial charge in [0.05, 0.1) is 10.6 Å². The van der Waals surface area contributed by atoms with Crippen LogP contribution in [0.15, 0.2) is 58.5 Å². The number of nitrogens with zero attached hydrogens (tertiary/aromatic N) is 2. The van der Waals surface area contributed by atoms with Crippen LogP contribution in [0, 0.1) is 0 Å². The molecule has 0 amide bonds. The summed E-state index contributed by atoms with van der Waals surface area (Å²) in [6.07, 6.45) is 1.77. The summed E-state index contributed by atoms with van der Waals surface area (Å²) < 4.78 is 1.07. The van der Waals surface area contributed by atoms with Gasteiger partial charge in [0.15, 0.2) is 0 Å². The van der Waals surface area contributed by atoms with E-state index < -0.39 is 0 Å². The lowest BCUT2D eigenvalue weighted by Gasteiger charge is -2.05. The maximum absolute atomic E-state index is 4.52. The lowest BCUT2D eigenvalue weighted by atomic mass is 10.3. The van der Waals surface area contributed by atoms with Gasteiger partial charge in [-0.2, -0.15) is 0 Å². The molecule has 0 unspecified atom stereocenters. The van der Waals surface area contributed by atoms with Gasteiger partial charge in [0, 0.05) is 21.7 Å². The number of hydrogen-bond acceptors (Lipinski definition) is 4. The Morgan fingerprint density at radius 1 is 1.11 bits per heavy atom. The Hall–Kier alpha value is -1.72. The zero-order valence-electron chi connectivity index (χ0n) is 9.88. The minimum atomic E-state index is 0.605. The van der Waals surface area contributed by atoms with Crippen molar-refractivity contribution in [3.8, 4) is 10.6 Å². The van der Waals surface area contributed by atoms with Crippen molar-refractivity contribution in [1.29, 1.82) is 0 Å². The van der Waals surface area contributed by atoms with Crippen LogP contribution in [0.25, 0.3) is 10.6 Å².